The Morgan fingerprint density at radius 3 is 2.10 bits per heavy atom. The Labute approximate surface area is 132 Å². The number of amides is 1. The van der Waals surface area contributed by atoms with Crippen molar-refractivity contribution in [1.29, 1.82) is 0 Å². The van der Waals surface area contributed by atoms with E-state index < -0.39 is 0 Å². The van der Waals surface area contributed by atoms with E-state index in [1.807, 2.05) is 0 Å². The number of carbonyl (C=O) groups excluding carboxylic acids is 1. The third kappa shape index (κ3) is 5.00. The summed E-state index contributed by atoms with van der Waals surface area (Å²) in [5.41, 5.74) is 0.188. The van der Waals surface area contributed by atoms with Crippen molar-refractivity contribution in [2.75, 3.05) is 0 Å². The molecule has 1 amide bonds. The van der Waals surface area contributed by atoms with Gasteiger partial charge in [-0.2, -0.15) is 0 Å². The van der Waals surface area contributed by atoms with Gasteiger partial charge in [0.15, 0.2) is 0 Å². The SMILES string of the molecule is CCCC(CC)N(C(=O)C(C)(C)C)C1CCC(C)(C)CC1. The average molecular weight is 296 g/mol. The largest absolute Gasteiger partial charge is 0.336 e. The lowest BCUT2D eigenvalue weighted by Crippen LogP contribution is -2.52. The predicted molar refractivity (Wildman–Crippen MR) is 91.3 cm³/mol. The van der Waals surface area contributed by atoms with E-state index in [0.29, 0.717) is 23.4 Å². The van der Waals surface area contributed by atoms with Gasteiger partial charge in [0, 0.05) is 17.5 Å². The summed E-state index contributed by atoms with van der Waals surface area (Å²) in [6, 6.07) is 0.884. The van der Waals surface area contributed by atoms with E-state index in [1.54, 1.807) is 0 Å². The minimum atomic E-state index is -0.270. The first kappa shape index (κ1) is 18.5. The van der Waals surface area contributed by atoms with Crippen LogP contribution in [0.5, 0.6) is 0 Å². The van der Waals surface area contributed by atoms with Gasteiger partial charge in [0.25, 0.3) is 0 Å². The van der Waals surface area contributed by atoms with Crippen LogP contribution in [0.3, 0.4) is 0 Å². The summed E-state index contributed by atoms with van der Waals surface area (Å²) in [6.07, 6.45) is 8.21. The second-order valence-electron chi connectivity index (χ2n) is 8.71. The summed E-state index contributed by atoms with van der Waals surface area (Å²) in [4.78, 5) is 15.3. The number of carbonyl (C=O) groups is 1. The molecule has 1 aliphatic carbocycles. The Bertz CT molecular complexity index is 330. The molecule has 2 nitrogen and oxygen atoms in total. The molecule has 0 heterocycles. The molecule has 1 aliphatic rings. The van der Waals surface area contributed by atoms with E-state index in [-0.39, 0.29) is 5.41 Å². The standard InChI is InChI=1S/C19H37NO/c1-8-10-15(9-2)20(17(21)18(3,4)5)16-11-13-19(6,7)14-12-16/h15-16H,8-14H2,1-7H3. The monoisotopic (exact) mass is 295 g/mol. The number of hydrogen-bond acceptors (Lipinski definition) is 1. The highest BCUT2D eigenvalue weighted by atomic mass is 16.2. The van der Waals surface area contributed by atoms with Crippen molar-refractivity contribution in [3.8, 4) is 0 Å². The Hall–Kier alpha value is -0.530. The fourth-order valence-electron chi connectivity index (χ4n) is 3.55. The van der Waals surface area contributed by atoms with Gasteiger partial charge in [-0.15, -0.1) is 0 Å². The summed E-state index contributed by atoms with van der Waals surface area (Å²) in [5, 5.41) is 0. The molecule has 1 unspecified atom stereocenters. The molecule has 0 aromatic rings. The van der Waals surface area contributed by atoms with Crippen molar-refractivity contribution in [1.82, 2.24) is 4.90 Å². The number of nitrogens with zero attached hydrogens (tertiary/aromatic N) is 1. The van der Waals surface area contributed by atoms with Gasteiger partial charge in [-0.1, -0.05) is 54.9 Å². The summed E-state index contributed by atoms with van der Waals surface area (Å²) in [5.74, 6) is 0.354. The lowest BCUT2D eigenvalue weighted by molar-refractivity contribution is -0.146. The molecule has 0 aromatic heterocycles. The zero-order chi connectivity index (χ0) is 16.3. The van der Waals surface area contributed by atoms with Crippen molar-refractivity contribution in [2.24, 2.45) is 10.8 Å². The number of rotatable bonds is 5. The molecule has 0 radical (unpaired) electrons. The maximum absolute atomic E-state index is 13.0. The van der Waals surface area contributed by atoms with E-state index >= 15 is 0 Å². The van der Waals surface area contributed by atoms with Gasteiger partial charge in [0.05, 0.1) is 0 Å². The van der Waals surface area contributed by atoms with Crippen LogP contribution in [0, 0.1) is 10.8 Å². The van der Waals surface area contributed by atoms with Gasteiger partial charge < -0.3 is 4.90 Å². The van der Waals surface area contributed by atoms with Gasteiger partial charge >= 0.3 is 0 Å². The van der Waals surface area contributed by atoms with Crippen molar-refractivity contribution in [3.63, 3.8) is 0 Å². The molecular formula is C19H37NO. The van der Waals surface area contributed by atoms with Gasteiger partial charge in [-0.25, -0.2) is 0 Å². The van der Waals surface area contributed by atoms with Crippen LogP contribution in [-0.4, -0.2) is 22.9 Å². The van der Waals surface area contributed by atoms with E-state index in [1.165, 1.54) is 25.7 Å². The highest BCUT2D eigenvalue weighted by Gasteiger charge is 2.38. The molecule has 0 spiro atoms. The molecule has 1 fully saturated rings. The molecule has 21 heavy (non-hydrogen) atoms. The smallest absolute Gasteiger partial charge is 0.228 e. The van der Waals surface area contributed by atoms with Crippen LogP contribution in [0.1, 0.15) is 93.4 Å². The molecule has 0 saturated heterocycles. The average Bonchev–Trinajstić information content (AvgIpc) is 2.38. The normalized spacial score (nSPS) is 21.1. The van der Waals surface area contributed by atoms with Crippen LogP contribution in [-0.2, 0) is 4.79 Å². The summed E-state index contributed by atoms with van der Waals surface area (Å²) < 4.78 is 0. The molecular weight excluding hydrogens is 258 g/mol. The first-order chi connectivity index (χ1) is 9.62. The van der Waals surface area contributed by atoms with Gasteiger partial charge in [-0.05, 0) is 43.9 Å². The van der Waals surface area contributed by atoms with E-state index in [9.17, 15) is 4.79 Å². The van der Waals surface area contributed by atoms with Crippen LogP contribution in [0.25, 0.3) is 0 Å². The Morgan fingerprint density at radius 2 is 1.71 bits per heavy atom. The second-order valence-corrected chi connectivity index (χ2v) is 8.71. The van der Waals surface area contributed by atoms with E-state index in [4.69, 9.17) is 0 Å². The van der Waals surface area contributed by atoms with Crippen LogP contribution < -0.4 is 0 Å². The maximum Gasteiger partial charge on any atom is 0.228 e. The van der Waals surface area contributed by atoms with Gasteiger partial charge in [0.2, 0.25) is 5.91 Å². The van der Waals surface area contributed by atoms with Crippen LogP contribution >= 0.6 is 0 Å². The number of hydrogen-bond donors (Lipinski definition) is 0. The van der Waals surface area contributed by atoms with E-state index in [0.717, 1.165) is 19.3 Å². The first-order valence-corrected chi connectivity index (χ1v) is 8.95. The quantitative estimate of drug-likeness (QED) is 0.664. The van der Waals surface area contributed by atoms with Gasteiger partial charge in [0.1, 0.15) is 0 Å². The predicted octanol–water partition coefficient (Wildman–Crippen LogP) is 5.41. The topological polar surface area (TPSA) is 20.3 Å². The Kier molecular flexibility index (Phi) is 6.31. The fraction of sp³-hybridized carbons (Fsp3) is 0.947. The lowest BCUT2D eigenvalue weighted by Gasteiger charge is -2.45. The van der Waals surface area contributed by atoms with Crippen molar-refractivity contribution >= 4 is 5.91 Å². The molecule has 0 N–H and O–H groups in total. The van der Waals surface area contributed by atoms with E-state index in [2.05, 4.69) is 53.4 Å². The van der Waals surface area contributed by atoms with Crippen molar-refractivity contribution in [3.05, 3.63) is 0 Å². The third-order valence-electron chi connectivity index (χ3n) is 5.06. The lowest BCUT2D eigenvalue weighted by atomic mass is 9.74. The first-order valence-electron chi connectivity index (χ1n) is 8.95. The molecule has 0 aromatic carbocycles. The Morgan fingerprint density at radius 1 is 1.19 bits per heavy atom. The molecule has 0 bridgehead atoms. The zero-order valence-corrected chi connectivity index (χ0v) is 15.5. The zero-order valence-electron chi connectivity index (χ0n) is 15.5. The summed E-state index contributed by atoms with van der Waals surface area (Å²) in [7, 11) is 0. The summed E-state index contributed by atoms with van der Waals surface area (Å²) >= 11 is 0. The van der Waals surface area contributed by atoms with Crippen LogP contribution in [0.4, 0.5) is 0 Å². The molecule has 1 saturated carbocycles. The van der Waals surface area contributed by atoms with Crippen LogP contribution in [0.15, 0.2) is 0 Å². The Balaban J connectivity index is 2.94. The van der Waals surface area contributed by atoms with Crippen molar-refractivity contribution < 1.29 is 4.79 Å². The second kappa shape index (κ2) is 7.15. The highest BCUT2D eigenvalue weighted by molar-refractivity contribution is 5.82. The molecule has 2 heteroatoms. The molecule has 0 aliphatic heterocycles. The fourth-order valence-corrected chi connectivity index (χ4v) is 3.55. The molecule has 1 atom stereocenters. The van der Waals surface area contributed by atoms with Crippen LogP contribution in [0.2, 0.25) is 0 Å². The molecule has 1 rings (SSSR count). The summed E-state index contributed by atoms with van der Waals surface area (Å²) in [6.45, 7) is 15.4. The highest BCUT2D eigenvalue weighted by Crippen LogP contribution is 2.39. The minimum absolute atomic E-state index is 0.270. The molecule has 124 valence electrons. The van der Waals surface area contributed by atoms with Crippen molar-refractivity contribution in [2.45, 2.75) is 105 Å². The maximum atomic E-state index is 13.0. The minimum Gasteiger partial charge on any atom is -0.336 e. The third-order valence-corrected chi connectivity index (χ3v) is 5.06. The van der Waals surface area contributed by atoms with Gasteiger partial charge in [-0.3, -0.25) is 4.79 Å².